The van der Waals surface area contributed by atoms with Crippen molar-refractivity contribution in [2.24, 2.45) is 5.73 Å². The van der Waals surface area contributed by atoms with E-state index >= 15 is 0 Å². The average Bonchev–Trinajstić information content (AvgIpc) is 2.96. The average molecular weight is 319 g/mol. The van der Waals surface area contributed by atoms with Gasteiger partial charge in [0.15, 0.2) is 6.10 Å². The maximum Gasteiger partial charge on any atom is 0.357 e. The molecule has 2 aromatic rings. The highest BCUT2D eigenvalue weighted by molar-refractivity contribution is 7.14. The van der Waals surface area contributed by atoms with Crippen LogP contribution >= 0.6 is 11.3 Å². The summed E-state index contributed by atoms with van der Waals surface area (Å²) in [6.07, 6.45) is 0.406. The Bertz CT molecular complexity index is 699. The van der Waals surface area contributed by atoms with E-state index in [1.54, 1.807) is 17.5 Å². The number of nitrogens with one attached hydrogen (secondary N) is 1. The number of rotatable bonds is 5. The number of thiophene rings is 1. The minimum Gasteiger partial charge on any atom is -0.448 e. The second kappa shape index (κ2) is 6.81. The molecular formula is C14H13N3O4S. The van der Waals surface area contributed by atoms with Crippen LogP contribution < -0.4 is 11.1 Å². The van der Waals surface area contributed by atoms with Gasteiger partial charge in [0.2, 0.25) is 0 Å². The van der Waals surface area contributed by atoms with E-state index in [-0.39, 0.29) is 11.3 Å². The molecule has 0 aliphatic heterocycles. The van der Waals surface area contributed by atoms with Crippen molar-refractivity contribution >= 4 is 34.1 Å². The van der Waals surface area contributed by atoms with Crippen LogP contribution in [0.1, 0.15) is 27.8 Å². The number of primary amides is 1. The molecule has 0 aromatic carbocycles. The summed E-state index contributed by atoms with van der Waals surface area (Å²) in [5, 5.41) is 4.45. The fourth-order valence-electron chi connectivity index (χ4n) is 1.57. The summed E-state index contributed by atoms with van der Waals surface area (Å²) >= 11 is 1.15. The summed E-state index contributed by atoms with van der Waals surface area (Å²) in [6, 6.07) is 6.29. The van der Waals surface area contributed by atoms with Crippen molar-refractivity contribution in [3.63, 3.8) is 0 Å². The van der Waals surface area contributed by atoms with E-state index < -0.39 is 23.9 Å². The van der Waals surface area contributed by atoms with E-state index in [4.69, 9.17) is 10.5 Å². The Labute approximate surface area is 130 Å². The molecule has 2 heterocycles. The lowest BCUT2D eigenvalue weighted by Gasteiger charge is -2.12. The van der Waals surface area contributed by atoms with E-state index in [2.05, 4.69) is 10.3 Å². The number of nitrogens with two attached hydrogens (primary N) is 1. The molecule has 0 aliphatic carbocycles. The highest BCUT2D eigenvalue weighted by atomic mass is 32.1. The number of hydrogen-bond acceptors (Lipinski definition) is 6. The molecule has 1 unspecified atom stereocenters. The number of ether oxygens (including phenoxy) is 1. The third kappa shape index (κ3) is 3.67. The Morgan fingerprint density at radius 1 is 1.32 bits per heavy atom. The van der Waals surface area contributed by atoms with Crippen molar-refractivity contribution in [2.75, 3.05) is 5.32 Å². The first-order valence-electron chi connectivity index (χ1n) is 6.29. The van der Waals surface area contributed by atoms with E-state index in [9.17, 15) is 14.4 Å². The standard InChI is InChI=1S/C14H13N3O4S/c1-8(21-14(20)10-4-2-3-6-16-10)12(19)17-13-9(11(15)18)5-7-22-13/h2-8H,1H3,(H2,15,18)(H,17,19). The molecule has 0 fully saturated rings. The van der Waals surface area contributed by atoms with Crippen molar-refractivity contribution in [3.05, 3.63) is 47.1 Å². The molecule has 0 spiro atoms. The summed E-state index contributed by atoms with van der Waals surface area (Å²) in [7, 11) is 0. The first-order valence-corrected chi connectivity index (χ1v) is 7.17. The molecule has 2 amide bonds. The van der Waals surface area contributed by atoms with Crippen LogP contribution in [0.5, 0.6) is 0 Å². The topological polar surface area (TPSA) is 111 Å². The fourth-order valence-corrected chi connectivity index (χ4v) is 2.37. The number of hydrogen-bond donors (Lipinski definition) is 2. The van der Waals surface area contributed by atoms with E-state index in [1.165, 1.54) is 25.3 Å². The number of carbonyl (C=O) groups excluding carboxylic acids is 3. The van der Waals surface area contributed by atoms with Gasteiger partial charge in [-0.05, 0) is 30.5 Å². The van der Waals surface area contributed by atoms with Crippen molar-refractivity contribution < 1.29 is 19.1 Å². The summed E-state index contributed by atoms with van der Waals surface area (Å²) in [5.74, 6) is -1.91. The Morgan fingerprint density at radius 2 is 2.09 bits per heavy atom. The van der Waals surface area contributed by atoms with Crippen molar-refractivity contribution in [1.29, 1.82) is 0 Å². The first-order chi connectivity index (χ1) is 10.5. The Kier molecular flexibility index (Phi) is 4.84. The van der Waals surface area contributed by atoms with Crippen LogP contribution in [-0.4, -0.2) is 28.9 Å². The molecule has 8 heteroatoms. The van der Waals surface area contributed by atoms with Gasteiger partial charge in [-0.1, -0.05) is 6.07 Å². The molecule has 0 saturated carbocycles. The molecular weight excluding hydrogens is 306 g/mol. The number of amides is 2. The van der Waals surface area contributed by atoms with E-state index in [1.807, 2.05) is 0 Å². The van der Waals surface area contributed by atoms with Crippen LogP contribution in [0.4, 0.5) is 5.00 Å². The molecule has 1 atom stereocenters. The molecule has 0 aliphatic rings. The molecule has 3 N–H and O–H groups in total. The molecule has 0 radical (unpaired) electrons. The van der Waals surface area contributed by atoms with Crippen molar-refractivity contribution in [1.82, 2.24) is 4.98 Å². The van der Waals surface area contributed by atoms with Gasteiger partial charge in [-0.2, -0.15) is 0 Å². The highest BCUT2D eigenvalue weighted by Gasteiger charge is 2.21. The maximum atomic E-state index is 12.0. The number of nitrogens with zero attached hydrogens (tertiary/aromatic N) is 1. The SMILES string of the molecule is CC(OC(=O)c1ccccn1)C(=O)Nc1sccc1C(N)=O. The summed E-state index contributed by atoms with van der Waals surface area (Å²) in [5.41, 5.74) is 5.51. The zero-order valence-electron chi connectivity index (χ0n) is 11.6. The van der Waals surface area contributed by atoms with Gasteiger partial charge in [0, 0.05) is 6.20 Å². The molecule has 2 aromatic heterocycles. The smallest absolute Gasteiger partial charge is 0.357 e. The van der Waals surface area contributed by atoms with E-state index in [0.29, 0.717) is 5.00 Å². The minimum absolute atomic E-state index is 0.107. The van der Waals surface area contributed by atoms with Gasteiger partial charge < -0.3 is 15.8 Å². The maximum absolute atomic E-state index is 12.0. The lowest BCUT2D eigenvalue weighted by molar-refractivity contribution is -0.123. The third-order valence-electron chi connectivity index (χ3n) is 2.69. The largest absolute Gasteiger partial charge is 0.448 e. The normalized spacial score (nSPS) is 11.5. The second-order valence-electron chi connectivity index (χ2n) is 4.28. The van der Waals surface area contributed by atoms with Gasteiger partial charge >= 0.3 is 5.97 Å². The van der Waals surface area contributed by atoms with Gasteiger partial charge in [-0.15, -0.1) is 11.3 Å². The number of pyridine rings is 1. The van der Waals surface area contributed by atoms with Gasteiger partial charge in [0.1, 0.15) is 10.7 Å². The molecule has 7 nitrogen and oxygen atoms in total. The van der Waals surface area contributed by atoms with Crippen LogP contribution in [0.25, 0.3) is 0 Å². The van der Waals surface area contributed by atoms with Crippen molar-refractivity contribution in [3.8, 4) is 0 Å². The van der Waals surface area contributed by atoms with Gasteiger partial charge in [0.05, 0.1) is 5.56 Å². The highest BCUT2D eigenvalue weighted by Crippen LogP contribution is 2.23. The number of aromatic nitrogens is 1. The molecule has 22 heavy (non-hydrogen) atoms. The quantitative estimate of drug-likeness (QED) is 0.810. The van der Waals surface area contributed by atoms with Gasteiger partial charge in [-0.25, -0.2) is 9.78 Å². The zero-order valence-corrected chi connectivity index (χ0v) is 12.4. The number of anilines is 1. The predicted molar refractivity (Wildman–Crippen MR) is 80.6 cm³/mol. The Hall–Kier alpha value is -2.74. The van der Waals surface area contributed by atoms with Crippen LogP contribution in [0.3, 0.4) is 0 Å². The minimum atomic E-state index is -1.04. The number of esters is 1. The number of carbonyl (C=O) groups is 3. The summed E-state index contributed by atoms with van der Waals surface area (Å²) in [4.78, 5) is 38.8. The van der Waals surface area contributed by atoms with Gasteiger partial charge in [-0.3, -0.25) is 9.59 Å². The third-order valence-corrected chi connectivity index (χ3v) is 3.52. The fraction of sp³-hybridized carbons (Fsp3) is 0.143. The summed E-state index contributed by atoms with van der Waals surface area (Å²) < 4.78 is 5.02. The van der Waals surface area contributed by atoms with E-state index in [0.717, 1.165) is 11.3 Å². The van der Waals surface area contributed by atoms with Crippen LogP contribution in [0.15, 0.2) is 35.8 Å². The second-order valence-corrected chi connectivity index (χ2v) is 5.20. The predicted octanol–water partition coefficient (Wildman–Crippen LogP) is 1.43. The van der Waals surface area contributed by atoms with Crippen molar-refractivity contribution in [2.45, 2.75) is 13.0 Å². The first kappa shape index (κ1) is 15.6. The molecule has 114 valence electrons. The van der Waals surface area contributed by atoms with Crippen LogP contribution in [-0.2, 0) is 9.53 Å². The zero-order chi connectivity index (χ0) is 16.1. The molecule has 0 saturated heterocycles. The van der Waals surface area contributed by atoms with Crippen LogP contribution in [0, 0.1) is 0 Å². The monoisotopic (exact) mass is 319 g/mol. The van der Waals surface area contributed by atoms with Crippen LogP contribution in [0.2, 0.25) is 0 Å². The lowest BCUT2D eigenvalue weighted by atomic mass is 10.3. The lowest BCUT2D eigenvalue weighted by Crippen LogP contribution is -2.30. The molecule has 2 rings (SSSR count). The summed E-state index contributed by atoms with van der Waals surface area (Å²) in [6.45, 7) is 1.42. The van der Waals surface area contributed by atoms with Gasteiger partial charge in [0.25, 0.3) is 11.8 Å². The Morgan fingerprint density at radius 3 is 2.73 bits per heavy atom. The Balaban J connectivity index is 1.99. The molecule has 0 bridgehead atoms.